The van der Waals surface area contributed by atoms with Crippen molar-refractivity contribution in [2.75, 3.05) is 30.3 Å². The summed E-state index contributed by atoms with van der Waals surface area (Å²) in [5, 5.41) is 0. The van der Waals surface area contributed by atoms with Gasteiger partial charge in [0.15, 0.2) is 0 Å². The highest BCUT2D eigenvalue weighted by atomic mass is 32.2. The lowest BCUT2D eigenvalue weighted by atomic mass is 9.70. The molecule has 1 saturated carbocycles. The second-order valence-electron chi connectivity index (χ2n) is 11.0. The molecule has 2 aromatic rings. The van der Waals surface area contributed by atoms with Gasteiger partial charge in [-0.25, -0.2) is 13.1 Å². The number of hydrogen-bond acceptors (Lipinski definition) is 5. The SMILES string of the molecule is O=C1NS(=O)(=O)CCC/C=C\CC2CCC2CN2CC3(CC=Cc4ccccc43)COc3ccc1cc32. The minimum atomic E-state index is -3.70. The monoisotopic (exact) mass is 518 g/mol. The van der Waals surface area contributed by atoms with Crippen molar-refractivity contribution in [1.29, 1.82) is 0 Å². The number of rotatable bonds is 0. The van der Waals surface area contributed by atoms with E-state index in [0.29, 0.717) is 36.8 Å². The standard InChI is InChI=1S/C30H34N2O4S/c33-29-24-14-15-28-27(18-24)32(20-30(21-36-28)16-7-10-23-9-4-5-11-26(23)30)19-25-13-12-22(25)8-3-1-2-6-17-37(34,35)31-29/h1,3-5,7,9-11,14-15,18,22,25H,2,6,8,12-13,16-17,19-21H2,(H,31,33)/b3-1-. The van der Waals surface area contributed by atoms with E-state index in [9.17, 15) is 13.2 Å². The summed E-state index contributed by atoms with van der Waals surface area (Å²) in [4.78, 5) is 15.4. The summed E-state index contributed by atoms with van der Waals surface area (Å²) in [6, 6.07) is 13.9. The summed E-state index contributed by atoms with van der Waals surface area (Å²) >= 11 is 0. The van der Waals surface area contributed by atoms with E-state index in [1.54, 1.807) is 6.07 Å². The van der Waals surface area contributed by atoms with Crippen LogP contribution in [0.15, 0.2) is 60.7 Å². The second-order valence-corrected chi connectivity index (χ2v) is 12.9. The molecular weight excluding hydrogens is 484 g/mol. The fraction of sp³-hybridized carbons (Fsp3) is 0.433. The molecule has 2 aliphatic heterocycles. The largest absolute Gasteiger partial charge is 0.490 e. The normalized spacial score (nSPS) is 29.6. The Morgan fingerprint density at radius 1 is 1.03 bits per heavy atom. The van der Waals surface area contributed by atoms with Crippen molar-refractivity contribution in [3.05, 3.63) is 77.4 Å². The fourth-order valence-corrected chi connectivity index (χ4v) is 7.39. The molecule has 2 aromatic carbocycles. The Kier molecular flexibility index (Phi) is 6.35. The number of nitrogens with zero attached hydrogens (tertiary/aromatic N) is 1. The first-order valence-corrected chi connectivity index (χ1v) is 15.1. The van der Waals surface area contributed by atoms with Crippen molar-refractivity contribution < 1.29 is 17.9 Å². The molecule has 2 aliphatic carbocycles. The van der Waals surface area contributed by atoms with Crippen LogP contribution in [-0.4, -0.2) is 39.8 Å². The maximum Gasteiger partial charge on any atom is 0.264 e. The average Bonchev–Trinajstić information content (AvgIpc) is 3.02. The fourth-order valence-electron chi connectivity index (χ4n) is 6.34. The number of carbonyl (C=O) groups is 1. The van der Waals surface area contributed by atoms with Crippen LogP contribution in [0.25, 0.3) is 6.08 Å². The second kappa shape index (κ2) is 9.67. The number of hydrogen-bond donors (Lipinski definition) is 1. The van der Waals surface area contributed by atoms with Crippen molar-refractivity contribution in [3.8, 4) is 5.75 Å². The molecule has 1 amide bonds. The Labute approximate surface area is 219 Å². The Bertz CT molecular complexity index is 1370. The van der Waals surface area contributed by atoms with Gasteiger partial charge in [0.25, 0.3) is 5.91 Å². The van der Waals surface area contributed by atoms with Crippen LogP contribution in [0.3, 0.4) is 0 Å². The summed E-state index contributed by atoms with van der Waals surface area (Å²) in [6.45, 7) is 2.23. The molecule has 194 valence electrons. The van der Waals surface area contributed by atoms with Crippen LogP contribution in [0.4, 0.5) is 5.69 Å². The molecule has 3 atom stereocenters. The van der Waals surface area contributed by atoms with Crippen LogP contribution in [0.1, 0.15) is 60.0 Å². The molecule has 1 fully saturated rings. The van der Waals surface area contributed by atoms with Crippen molar-refractivity contribution in [2.45, 2.75) is 43.9 Å². The Hall–Kier alpha value is -3.06. The zero-order chi connectivity index (χ0) is 25.5. The zero-order valence-electron chi connectivity index (χ0n) is 21.1. The minimum absolute atomic E-state index is 0.0647. The van der Waals surface area contributed by atoms with Gasteiger partial charge in [-0.1, -0.05) is 48.6 Å². The molecule has 6 rings (SSSR count). The highest BCUT2D eigenvalue weighted by Crippen LogP contribution is 2.45. The molecule has 2 bridgehead atoms. The number of anilines is 1. The van der Waals surface area contributed by atoms with Gasteiger partial charge in [-0.2, -0.15) is 0 Å². The van der Waals surface area contributed by atoms with Crippen LogP contribution in [0.2, 0.25) is 0 Å². The van der Waals surface area contributed by atoms with Gasteiger partial charge in [0.2, 0.25) is 10.0 Å². The maximum absolute atomic E-state index is 13.0. The van der Waals surface area contributed by atoms with Crippen molar-refractivity contribution in [2.24, 2.45) is 11.8 Å². The molecule has 0 aromatic heterocycles. The molecule has 0 radical (unpaired) electrons. The van der Waals surface area contributed by atoms with Crippen LogP contribution >= 0.6 is 0 Å². The molecular formula is C30H34N2O4S. The predicted octanol–water partition coefficient (Wildman–Crippen LogP) is 5.07. The third-order valence-electron chi connectivity index (χ3n) is 8.56. The number of benzene rings is 2. The van der Waals surface area contributed by atoms with E-state index in [0.717, 1.165) is 37.4 Å². The first-order chi connectivity index (χ1) is 17.9. The van der Waals surface area contributed by atoms with E-state index >= 15 is 0 Å². The van der Waals surface area contributed by atoms with Gasteiger partial charge in [0.05, 0.1) is 23.5 Å². The molecule has 1 N–H and O–H groups in total. The molecule has 6 nitrogen and oxygen atoms in total. The van der Waals surface area contributed by atoms with E-state index in [2.05, 4.69) is 58.2 Å². The summed E-state index contributed by atoms with van der Waals surface area (Å²) in [5.74, 6) is 1.30. The number of amides is 1. The van der Waals surface area contributed by atoms with E-state index in [1.807, 2.05) is 12.1 Å². The van der Waals surface area contributed by atoms with Crippen molar-refractivity contribution >= 4 is 27.7 Å². The first-order valence-electron chi connectivity index (χ1n) is 13.4. The highest BCUT2D eigenvalue weighted by Gasteiger charge is 2.42. The van der Waals surface area contributed by atoms with Gasteiger partial charge in [0, 0.05) is 18.7 Å². The summed E-state index contributed by atoms with van der Waals surface area (Å²) in [7, 11) is -3.70. The molecule has 0 saturated heterocycles. The number of carbonyl (C=O) groups excluding carboxylic acids is 1. The molecule has 37 heavy (non-hydrogen) atoms. The van der Waals surface area contributed by atoms with E-state index in [1.165, 1.54) is 24.0 Å². The first kappa shape index (κ1) is 24.3. The average molecular weight is 519 g/mol. The number of ether oxygens (including phenoxy) is 1. The topological polar surface area (TPSA) is 75.7 Å². The maximum atomic E-state index is 13.0. The smallest absolute Gasteiger partial charge is 0.264 e. The van der Waals surface area contributed by atoms with Gasteiger partial charge in [-0.15, -0.1) is 0 Å². The van der Waals surface area contributed by atoms with Crippen LogP contribution < -0.4 is 14.4 Å². The summed E-state index contributed by atoms with van der Waals surface area (Å²) < 4.78 is 33.8. The Balaban J connectivity index is 1.40. The minimum Gasteiger partial charge on any atom is -0.490 e. The van der Waals surface area contributed by atoms with Crippen LogP contribution in [-0.2, 0) is 15.4 Å². The van der Waals surface area contributed by atoms with Gasteiger partial charge in [0.1, 0.15) is 5.75 Å². The van der Waals surface area contributed by atoms with Crippen molar-refractivity contribution in [3.63, 3.8) is 0 Å². The number of fused-ring (bicyclic) bond motifs is 4. The lowest BCUT2D eigenvalue weighted by molar-refractivity contribution is 0.0981. The van der Waals surface area contributed by atoms with Crippen LogP contribution in [0.5, 0.6) is 5.75 Å². The third kappa shape index (κ3) is 4.81. The number of nitrogens with one attached hydrogen (secondary N) is 1. The quantitative estimate of drug-likeness (QED) is 0.493. The molecule has 7 heteroatoms. The van der Waals surface area contributed by atoms with Crippen LogP contribution in [0, 0.1) is 11.8 Å². The van der Waals surface area contributed by atoms with E-state index < -0.39 is 15.9 Å². The van der Waals surface area contributed by atoms with E-state index in [-0.39, 0.29) is 11.2 Å². The number of allylic oxidation sites excluding steroid dienone is 3. The van der Waals surface area contributed by atoms with Gasteiger partial charge >= 0.3 is 0 Å². The lowest BCUT2D eigenvalue weighted by Gasteiger charge is -2.43. The predicted molar refractivity (Wildman–Crippen MR) is 146 cm³/mol. The van der Waals surface area contributed by atoms with Gasteiger partial charge in [-0.3, -0.25) is 4.79 Å². The molecule has 1 spiro atoms. The third-order valence-corrected chi connectivity index (χ3v) is 9.89. The molecule has 3 unspecified atom stereocenters. The lowest BCUT2D eigenvalue weighted by Crippen LogP contribution is -2.47. The zero-order valence-corrected chi connectivity index (χ0v) is 21.9. The van der Waals surface area contributed by atoms with Gasteiger partial charge in [-0.05, 0) is 79.7 Å². The summed E-state index contributed by atoms with van der Waals surface area (Å²) in [5.41, 5.74) is 3.55. The Morgan fingerprint density at radius 2 is 1.89 bits per heavy atom. The van der Waals surface area contributed by atoms with E-state index in [4.69, 9.17) is 4.74 Å². The molecule has 4 aliphatic rings. The Morgan fingerprint density at radius 3 is 2.76 bits per heavy atom. The van der Waals surface area contributed by atoms with Crippen molar-refractivity contribution in [1.82, 2.24) is 4.72 Å². The number of sulfonamides is 1. The molecule has 2 heterocycles. The summed E-state index contributed by atoms with van der Waals surface area (Å²) in [6.07, 6.45) is 14.3. The highest BCUT2D eigenvalue weighted by molar-refractivity contribution is 7.90. The van der Waals surface area contributed by atoms with Gasteiger partial charge < -0.3 is 9.64 Å².